The molecule has 2 atom stereocenters. The second-order valence-corrected chi connectivity index (χ2v) is 28.1. The Bertz CT molecular complexity index is 1650. The number of phosphoric ester groups is 1. The fourth-order valence-electron chi connectivity index (χ4n) is 11.1. The zero-order valence-electron chi connectivity index (χ0n) is 58.2. The molecule has 0 aromatic heterocycles. The third kappa shape index (κ3) is 72.6. The monoisotopic (exact) mass is 1240 g/mol. The van der Waals surface area contributed by atoms with Gasteiger partial charge in [-0.2, -0.15) is 0 Å². The molecule has 0 amide bonds. The Morgan fingerprint density at radius 2 is 0.655 bits per heavy atom. The Hall–Kier alpha value is -2.29. The van der Waals surface area contributed by atoms with Crippen molar-refractivity contribution < 1.29 is 42.1 Å². The summed E-state index contributed by atoms with van der Waals surface area (Å²) in [6, 6.07) is 0. The quantitative estimate of drug-likeness (QED) is 0.0195. The van der Waals surface area contributed by atoms with Crippen molar-refractivity contribution in [1.29, 1.82) is 0 Å². The lowest BCUT2D eigenvalue weighted by molar-refractivity contribution is -0.870. The lowest BCUT2D eigenvalue weighted by Crippen LogP contribution is -2.37. The summed E-state index contributed by atoms with van der Waals surface area (Å²) in [5.74, 6) is -0.833. The molecule has 510 valence electrons. The number of quaternary nitrogens is 1. The maximum atomic E-state index is 12.8. The number of phosphoric acid groups is 1. The second kappa shape index (κ2) is 68.1. The molecule has 0 aromatic rings. The zero-order valence-corrected chi connectivity index (χ0v) is 59.1. The number of esters is 2. The Labute approximate surface area is 540 Å². The van der Waals surface area contributed by atoms with Crippen molar-refractivity contribution in [3.05, 3.63) is 60.8 Å². The molecule has 0 aliphatic rings. The SMILES string of the molecule is CC/C=C\C/C=C\C/C=C\C/C=C\C/C=C\CCCCCCCCCC(=O)OC(COC(=O)CCCCCCCCCCCCCCCCCCCCCCCCCCCCCCCCCCCCCCCCCC)COP(=O)([O-])OCC[N+](C)(C)C. The molecule has 0 heterocycles. The van der Waals surface area contributed by atoms with E-state index in [4.69, 9.17) is 18.5 Å². The lowest BCUT2D eigenvalue weighted by atomic mass is 10.0. The van der Waals surface area contributed by atoms with Gasteiger partial charge >= 0.3 is 11.9 Å². The summed E-state index contributed by atoms with van der Waals surface area (Å²) < 4.78 is 34.3. The highest BCUT2D eigenvalue weighted by Crippen LogP contribution is 2.38. The maximum absolute atomic E-state index is 12.8. The third-order valence-corrected chi connectivity index (χ3v) is 17.8. The highest BCUT2D eigenvalue weighted by Gasteiger charge is 2.22. The first kappa shape index (κ1) is 84.7. The minimum atomic E-state index is -4.65. The van der Waals surface area contributed by atoms with E-state index in [9.17, 15) is 19.0 Å². The minimum absolute atomic E-state index is 0.0339. The fourth-order valence-corrected chi connectivity index (χ4v) is 11.8. The topological polar surface area (TPSA) is 111 Å². The summed E-state index contributed by atoms with van der Waals surface area (Å²) in [4.78, 5) is 38.1. The largest absolute Gasteiger partial charge is 0.756 e. The van der Waals surface area contributed by atoms with E-state index in [0.717, 1.165) is 77.0 Å². The van der Waals surface area contributed by atoms with Crippen LogP contribution in [0.2, 0.25) is 0 Å². The zero-order chi connectivity index (χ0) is 63.4. The number of unbranched alkanes of at least 4 members (excludes halogenated alkanes) is 46. The third-order valence-electron chi connectivity index (χ3n) is 16.8. The smallest absolute Gasteiger partial charge is 0.306 e. The molecule has 0 N–H and O–H groups in total. The van der Waals surface area contributed by atoms with Gasteiger partial charge in [-0.05, 0) is 57.8 Å². The van der Waals surface area contributed by atoms with Gasteiger partial charge in [-0.15, -0.1) is 0 Å². The van der Waals surface area contributed by atoms with Crippen LogP contribution in [0.15, 0.2) is 60.8 Å². The van der Waals surface area contributed by atoms with Crippen LogP contribution in [0.1, 0.15) is 367 Å². The van der Waals surface area contributed by atoms with Gasteiger partial charge in [0.25, 0.3) is 7.82 Å². The number of allylic oxidation sites excluding steroid dienone is 10. The second-order valence-electron chi connectivity index (χ2n) is 26.6. The van der Waals surface area contributed by atoms with Gasteiger partial charge in [-0.1, -0.05) is 357 Å². The molecule has 2 unspecified atom stereocenters. The normalized spacial score (nSPS) is 13.4. The van der Waals surface area contributed by atoms with Gasteiger partial charge in [-0.25, -0.2) is 0 Å². The van der Waals surface area contributed by atoms with Gasteiger partial charge in [0.2, 0.25) is 0 Å². The molecule has 9 nitrogen and oxygen atoms in total. The summed E-state index contributed by atoms with van der Waals surface area (Å²) >= 11 is 0. The number of carbonyl (C=O) groups is 2. The van der Waals surface area contributed by atoms with Crippen LogP contribution in [0, 0.1) is 0 Å². The minimum Gasteiger partial charge on any atom is -0.756 e. The average Bonchev–Trinajstić information content (AvgIpc) is 3.68. The lowest BCUT2D eigenvalue weighted by Gasteiger charge is -2.28. The summed E-state index contributed by atoms with van der Waals surface area (Å²) in [5, 5.41) is 0. The number of nitrogens with zero attached hydrogens (tertiary/aromatic N) is 1. The van der Waals surface area contributed by atoms with Crippen LogP contribution >= 0.6 is 7.82 Å². The first-order valence-electron chi connectivity index (χ1n) is 37.5. The standard InChI is InChI=1S/C77H144NO8P/c1-6-8-10-12-14-16-18-20-22-24-26-28-30-31-32-33-34-35-36-37-38-39-40-41-42-43-44-45-46-48-49-51-53-55-57-59-61-63-65-67-69-76(79)83-73-75(74-85-87(81,82)84-72-71-78(3,4)5)86-77(80)70-68-66-64-62-60-58-56-54-52-50-47-29-27-25-23-21-19-17-15-13-11-9-7-2/h9,11,15,17,21,23,27,29,50,52,75H,6-8,10,12-14,16,18-20,22,24-26,28,30-49,51,53-74H2,1-5H3/b11-9-,17-15-,23-21-,29-27-,52-50-. The summed E-state index contributed by atoms with van der Waals surface area (Å²) in [6.45, 7) is 4.17. The van der Waals surface area contributed by atoms with Crippen molar-refractivity contribution in [2.75, 3.05) is 47.5 Å². The molecule has 0 fully saturated rings. The van der Waals surface area contributed by atoms with Crippen molar-refractivity contribution >= 4 is 19.8 Å². The predicted octanol–water partition coefficient (Wildman–Crippen LogP) is 23.9. The molecule has 0 rings (SSSR count). The molecule has 0 saturated carbocycles. The van der Waals surface area contributed by atoms with Crippen LogP contribution in [-0.2, 0) is 32.7 Å². The van der Waals surface area contributed by atoms with E-state index in [1.54, 1.807) is 0 Å². The van der Waals surface area contributed by atoms with Crippen molar-refractivity contribution in [2.24, 2.45) is 0 Å². The molecular weight excluding hydrogens is 1100 g/mol. The van der Waals surface area contributed by atoms with Gasteiger partial charge in [0.1, 0.15) is 19.8 Å². The molecule has 87 heavy (non-hydrogen) atoms. The van der Waals surface area contributed by atoms with Crippen molar-refractivity contribution in [3.63, 3.8) is 0 Å². The van der Waals surface area contributed by atoms with Gasteiger partial charge in [-0.3, -0.25) is 14.2 Å². The van der Waals surface area contributed by atoms with Crippen molar-refractivity contribution in [3.8, 4) is 0 Å². The number of hydrogen-bond acceptors (Lipinski definition) is 8. The number of ether oxygens (including phenoxy) is 2. The summed E-state index contributed by atoms with van der Waals surface area (Å²) in [5.41, 5.74) is 0. The molecule has 0 saturated heterocycles. The van der Waals surface area contributed by atoms with Crippen LogP contribution in [0.5, 0.6) is 0 Å². The Morgan fingerprint density at radius 3 is 0.977 bits per heavy atom. The average molecular weight is 1240 g/mol. The maximum Gasteiger partial charge on any atom is 0.306 e. The summed E-state index contributed by atoms with van der Waals surface area (Å²) in [7, 11) is 1.17. The van der Waals surface area contributed by atoms with Crippen molar-refractivity contribution in [2.45, 2.75) is 373 Å². The first-order chi connectivity index (χ1) is 42.5. The van der Waals surface area contributed by atoms with Crippen LogP contribution < -0.4 is 4.89 Å². The van der Waals surface area contributed by atoms with Gasteiger partial charge in [0.05, 0.1) is 27.7 Å². The molecule has 0 spiro atoms. The molecule has 0 bridgehead atoms. The highest BCUT2D eigenvalue weighted by molar-refractivity contribution is 7.45. The van der Waals surface area contributed by atoms with E-state index in [-0.39, 0.29) is 32.0 Å². The molecule has 10 heteroatoms. The van der Waals surface area contributed by atoms with Crippen molar-refractivity contribution in [1.82, 2.24) is 0 Å². The molecule has 0 aliphatic heterocycles. The molecule has 0 aliphatic carbocycles. The van der Waals surface area contributed by atoms with Crippen LogP contribution in [-0.4, -0.2) is 70.0 Å². The Morgan fingerprint density at radius 1 is 0.368 bits per heavy atom. The van der Waals surface area contributed by atoms with E-state index in [1.807, 2.05) is 21.1 Å². The van der Waals surface area contributed by atoms with Gasteiger partial charge in [0, 0.05) is 12.8 Å². The number of rotatable bonds is 70. The molecular formula is C77H144NO8P. The van der Waals surface area contributed by atoms with E-state index in [0.29, 0.717) is 17.4 Å². The van der Waals surface area contributed by atoms with E-state index >= 15 is 0 Å². The Balaban J connectivity index is 3.90. The highest BCUT2D eigenvalue weighted by atomic mass is 31.2. The Kier molecular flexibility index (Phi) is 66.3. The number of carbonyl (C=O) groups excluding carboxylic acids is 2. The fraction of sp³-hybridized carbons (Fsp3) is 0.844. The number of hydrogen-bond donors (Lipinski definition) is 0. The number of likely N-dealkylation sites (N-methyl/N-ethyl adjacent to an activating group) is 1. The molecule has 0 aromatic carbocycles. The van der Waals surface area contributed by atoms with E-state index in [2.05, 4.69) is 74.6 Å². The van der Waals surface area contributed by atoms with E-state index < -0.39 is 26.5 Å². The predicted molar refractivity (Wildman–Crippen MR) is 374 cm³/mol. The summed E-state index contributed by atoms with van der Waals surface area (Å²) in [6.07, 6.45) is 90.6. The van der Waals surface area contributed by atoms with Gasteiger partial charge < -0.3 is 27.9 Å². The van der Waals surface area contributed by atoms with Crippen LogP contribution in [0.25, 0.3) is 0 Å². The van der Waals surface area contributed by atoms with E-state index in [1.165, 1.54) is 257 Å². The van der Waals surface area contributed by atoms with Gasteiger partial charge in [0.15, 0.2) is 6.10 Å². The molecule has 0 radical (unpaired) electrons. The first-order valence-corrected chi connectivity index (χ1v) is 39.0. The van der Waals surface area contributed by atoms with Crippen LogP contribution in [0.3, 0.4) is 0 Å². The van der Waals surface area contributed by atoms with Crippen LogP contribution in [0.4, 0.5) is 0 Å².